The van der Waals surface area contributed by atoms with Gasteiger partial charge < -0.3 is 22.1 Å². The highest BCUT2D eigenvalue weighted by Gasteiger charge is 2.13. The van der Waals surface area contributed by atoms with Gasteiger partial charge >= 0.3 is 0 Å². The van der Waals surface area contributed by atoms with Crippen molar-refractivity contribution in [3.63, 3.8) is 0 Å². The van der Waals surface area contributed by atoms with Crippen molar-refractivity contribution in [1.82, 2.24) is 29.9 Å². The Hall–Kier alpha value is -4.72. The van der Waals surface area contributed by atoms with Crippen molar-refractivity contribution >= 4 is 72.7 Å². The van der Waals surface area contributed by atoms with Crippen LogP contribution in [0.15, 0.2) is 111 Å². The van der Waals surface area contributed by atoms with Crippen molar-refractivity contribution < 1.29 is 0 Å². The maximum absolute atomic E-state index is 6.06. The maximum Gasteiger partial charge on any atom is 0.232 e. The van der Waals surface area contributed by atoms with Crippen molar-refractivity contribution in [3.8, 4) is 22.8 Å². The zero-order valence-corrected chi connectivity index (χ0v) is 26.5. The molecule has 13 heteroatoms. The van der Waals surface area contributed by atoms with Crippen LogP contribution >= 0.6 is 37.5 Å². The number of rotatable bonds is 9. The van der Waals surface area contributed by atoms with E-state index >= 15 is 0 Å². The SMILES string of the molecule is Cc1cccc(-c2nc(N)nc(Nc3ccccc3SSc3ccccc3Nc3nc(N)nc(-c4cccc(Br)c4)n3)n2)c1. The molecular formula is C31H25BrN10S2. The number of nitrogen functional groups attached to an aromatic ring is 2. The average Bonchev–Trinajstić information content (AvgIpc) is 3.01. The first-order valence-electron chi connectivity index (χ1n) is 13.3. The van der Waals surface area contributed by atoms with Crippen LogP contribution in [-0.4, -0.2) is 29.9 Å². The molecular weight excluding hydrogens is 656 g/mol. The molecule has 6 N–H and O–H groups in total. The number of halogens is 1. The zero-order valence-electron chi connectivity index (χ0n) is 23.3. The Labute approximate surface area is 270 Å². The molecule has 0 radical (unpaired) electrons. The van der Waals surface area contributed by atoms with Crippen LogP contribution in [-0.2, 0) is 0 Å². The van der Waals surface area contributed by atoms with Crippen molar-refractivity contribution in [2.45, 2.75) is 16.7 Å². The number of anilines is 6. The largest absolute Gasteiger partial charge is 0.368 e. The van der Waals surface area contributed by atoms with Crippen LogP contribution in [0.5, 0.6) is 0 Å². The van der Waals surface area contributed by atoms with E-state index in [4.69, 9.17) is 11.5 Å². The average molecular weight is 682 g/mol. The summed E-state index contributed by atoms with van der Waals surface area (Å²) in [5, 5.41) is 6.64. The number of nitrogens with one attached hydrogen (secondary N) is 2. The summed E-state index contributed by atoms with van der Waals surface area (Å²) in [5.74, 6) is 1.96. The monoisotopic (exact) mass is 680 g/mol. The quantitative estimate of drug-likeness (QED) is 0.110. The summed E-state index contributed by atoms with van der Waals surface area (Å²) in [6, 6.07) is 31.5. The van der Waals surface area contributed by atoms with Crippen LogP contribution in [0.2, 0.25) is 0 Å². The fourth-order valence-corrected chi connectivity index (χ4v) is 6.86. The number of hydrogen-bond acceptors (Lipinski definition) is 12. The molecule has 0 saturated heterocycles. The lowest BCUT2D eigenvalue weighted by Gasteiger charge is -2.13. The van der Waals surface area contributed by atoms with E-state index in [-0.39, 0.29) is 11.9 Å². The number of aromatic nitrogens is 6. The van der Waals surface area contributed by atoms with Gasteiger partial charge in [0.05, 0.1) is 11.4 Å². The predicted octanol–water partition coefficient (Wildman–Crippen LogP) is 7.91. The highest BCUT2D eigenvalue weighted by molar-refractivity contribution is 9.10. The van der Waals surface area contributed by atoms with Gasteiger partial charge in [0.25, 0.3) is 0 Å². The molecule has 6 rings (SSSR count). The molecule has 0 aliphatic carbocycles. The maximum atomic E-state index is 6.06. The van der Waals surface area contributed by atoms with Crippen LogP contribution in [0.3, 0.4) is 0 Å². The molecule has 0 atom stereocenters. The molecule has 0 bridgehead atoms. The smallest absolute Gasteiger partial charge is 0.232 e. The molecule has 2 heterocycles. The Bertz CT molecular complexity index is 1820. The lowest BCUT2D eigenvalue weighted by molar-refractivity contribution is 1.07. The van der Waals surface area contributed by atoms with Crippen molar-refractivity contribution in [1.29, 1.82) is 0 Å². The summed E-state index contributed by atoms with van der Waals surface area (Å²) >= 11 is 3.49. The first-order valence-corrected chi connectivity index (χ1v) is 16.3. The molecule has 0 fully saturated rings. The van der Waals surface area contributed by atoms with Crippen molar-refractivity contribution in [2.75, 3.05) is 22.1 Å². The van der Waals surface area contributed by atoms with E-state index in [1.165, 1.54) is 0 Å². The molecule has 2 aromatic heterocycles. The lowest BCUT2D eigenvalue weighted by Crippen LogP contribution is -2.05. The van der Waals surface area contributed by atoms with Gasteiger partial charge in [-0.1, -0.05) is 97.7 Å². The third-order valence-electron chi connectivity index (χ3n) is 6.15. The van der Waals surface area contributed by atoms with Crippen LogP contribution in [0.4, 0.5) is 35.2 Å². The van der Waals surface area contributed by atoms with Crippen LogP contribution in [0, 0.1) is 6.92 Å². The van der Waals surface area contributed by atoms with Gasteiger partial charge in [0.2, 0.25) is 23.8 Å². The number of nitrogens with zero attached hydrogens (tertiary/aromatic N) is 6. The fourth-order valence-electron chi connectivity index (χ4n) is 4.18. The van der Waals surface area contributed by atoms with Gasteiger partial charge in [-0.2, -0.15) is 29.9 Å². The standard InChI is InChI=1S/C31H25BrN10S2/c1-18-8-6-9-19(16-18)26-37-28(33)41-30(39-26)35-22-12-2-4-14-24(22)43-44-25-15-5-3-13-23(25)36-31-40-27(38-29(34)42-31)20-10-7-11-21(32)17-20/h2-17H,1H3,(H3,33,35,37,39,41)(H3,34,36,38,40,42). The summed E-state index contributed by atoms with van der Waals surface area (Å²) in [5.41, 5.74) is 16.6. The minimum atomic E-state index is 0.126. The lowest BCUT2D eigenvalue weighted by atomic mass is 10.1. The van der Waals surface area contributed by atoms with Gasteiger partial charge in [-0.15, -0.1) is 0 Å². The summed E-state index contributed by atoms with van der Waals surface area (Å²) in [4.78, 5) is 28.5. The molecule has 10 nitrogen and oxygen atoms in total. The van der Waals surface area contributed by atoms with Gasteiger partial charge in [0.1, 0.15) is 0 Å². The summed E-state index contributed by atoms with van der Waals surface area (Å²) in [6.45, 7) is 2.02. The Morgan fingerprint density at radius 1 is 0.568 bits per heavy atom. The number of para-hydroxylation sites is 2. The number of benzene rings is 4. The molecule has 0 aliphatic heterocycles. The summed E-state index contributed by atoms with van der Waals surface area (Å²) in [6.07, 6.45) is 0. The van der Waals surface area contributed by atoms with Crippen LogP contribution in [0.1, 0.15) is 5.56 Å². The molecule has 0 amide bonds. The van der Waals surface area contributed by atoms with Gasteiger partial charge in [-0.05, 0) is 49.4 Å². The first-order chi connectivity index (χ1) is 21.4. The number of aryl methyl sites for hydroxylation is 1. The van der Waals surface area contributed by atoms with E-state index in [9.17, 15) is 0 Å². The topological polar surface area (TPSA) is 153 Å². The summed E-state index contributed by atoms with van der Waals surface area (Å²) in [7, 11) is 3.17. The Balaban J connectivity index is 1.21. The second-order valence-electron chi connectivity index (χ2n) is 9.47. The third-order valence-corrected chi connectivity index (χ3v) is 9.13. The molecule has 6 aromatic rings. The van der Waals surface area contributed by atoms with Gasteiger partial charge in [-0.25, -0.2) is 0 Å². The molecule has 0 spiro atoms. The Kier molecular flexibility index (Phi) is 8.86. The highest BCUT2D eigenvalue weighted by atomic mass is 79.9. The minimum absolute atomic E-state index is 0.126. The van der Waals surface area contributed by atoms with Gasteiger partial charge in [0.15, 0.2) is 11.6 Å². The van der Waals surface area contributed by atoms with E-state index in [0.29, 0.717) is 23.5 Å². The highest BCUT2D eigenvalue weighted by Crippen LogP contribution is 2.44. The van der Waals surface area contributed by atoms with E-state index in [0.717, 1.165) is 42.3 Å². The van der Waals surface area contributed by atoms with Crippen LogP contribution < -0.4 is 22.1 Å². The predicted molar refractivity (Wildman–Crippen MR) is 183 cm³/mol. The molecule has 44 heavy (non-hydrogen) atoms. The molecule has 0 unspecified atom stereocenters. The number of nitrogens with two attached hydrogens (primary N) is 2. The number of hydrogen-bond donors (Lipinski definition) is 4. The summed E-state index contributed by atoms with van der Waals surface area (Å²) < 4.78 is 0.919. The van der Waals surface area contributed by atoms with Crippen molar-refractivity contribution in [2.24, 2.45) is 0 Å². The van der Waals surface area contributed by atoms with Gasteiger partial charge in [0, 0.05) is 25.4 Å². The fraction of sp³-hybridized carbons (Fsp3) is 0.0323. The van der Waals surface area contributed by atoms with E-state index in [1.54, 1.807) is 21.6 Å². The Morgan fingerprint density at radius 3 is 1.59 bits per heavy atom. The second kappa shape index (κ2) is 13.3. The van der Waals surface area contributed by atoms with Crippen LogP contribution in [0.25, 0.3) is 22.8 Å². The van der Waals surface area contributed by atoms with Gasteiger partial charge in [-0.3, -0.25) is 0 Å². The van der Waals surface area contributed by atoms with Crippen molar-refractivity contribution in [3.05, 3.63) is 107 Å². The second-order valence-corrected chi connectivity index (χ2v) is 12.6. The van der Waals surface area contributed by atoms with E-state index in [2.05, 4.69) is 56.5 Å². The molecule has 218 valence electrons. The van der Waals surface area contributed by atoms with E-state index < -0.39 is 0 Å². The Morgan fingerprint density at radius 2 is 1.07 bits per heavy atom. The first kappa shape index (κ1) is 29.4. The third kappa shape index (κ3) is 7.25. The molecule has 0 saturated carbocycles. The zero-order chi connectivity index (χ0) is 30.5. The molecule has 0 aliphatic rings. The van der Waals surface area contributed by atoms with E-state index in [1.807, 2.05) is 104 Å². The molecule has 4 aromatic carbocycles. The normalized spacial score (nSPS) is 10.9. The minimum Gasteiger partial charge on any atom is -0.368 e.